The van der Waals surface area contributed by atoms with Crippen LogP contribution in [0, 0.1) is 23.7 Å². The molecule has 0 heterocycles. The van der Waals surface area contributed by atoms with E-state index in [0.29, 0.717) is 0 Å². The molecule has 0 aliphatic heterocycles. The summed E-state index contributed by atoms with van der Waals surface area (Å²) in [6.45, 7) is 0. The highest BCUT2D eigenvalue weighted by atomic mass is 14.6. The number of hydrogen-bond acceptors (Lipinski definition) is 0. The average Bonchev–Trinajstić information content (AvgIpc) is 3.77. The summed E-state index contributed by atoms with van der Waals surface area (Å²) < 4.78 is 0. The number of rotatable bonds is 6. The molecule has 0 amide bonds. The molecule has 288 valence electrons. The van der Waals surface area contributed by atoms with Crippen molar-refractivity contribution in [2.75, 3.05) is 0 Å². The van der Waals surface area contributed by atoms with E-state index in [4.69, 9.17) is 0 Å². The molecule has 8 aromatic rings. The van der Waals surface area contributed by atoms with Gasteiger partial charge in [0.15, 0.2) is 0 Å². The number of benzene rings is 8. The molecule has 0 radical (unpaired) electrons. The molecular weight excluding hydrogens is 721 g/mol. The Morgan fingerprint density at radius 3 is 1.63 bits per heavy atom. The van der Waals surface area contributed by atoms with Gasteiger partial charge < -0.3 is 0 Å². The van der Waals surface area contributed by atoms with E-state index >= 15 is 0 Å². The van der Waals surface area contributed by atoms with Crippen molar-refractivity contribution in [1.82, 2.24) is 0 Å². The maximum Gasteiger partial charge on any atom is 0.0713 e. The Morgan fingerprint density at radius 2 is 0.883 bits per heavy atom. The molecule has 0 aromatic heterocycles. The second kappa shape index (κ2) is 13.1. The summed E-state index contributed by atoms with van der Waals surface area (Å²) in [6.07, 6.45) is 7.05. The lowest BCUT2D eigenvalue weighted by molar-refractivity contribution is -0.0399. The molecule has 2 atom stereocenters. The third-order valence-corrected chi connectivity index (χ3v) is 16.1. The van der Waals surface area contributed by atoms with Crippen molar-refractivity contribution >= 4 is 0 Å². The van der Waals surface area contributed by atoms with E-state index in [-0.39, 0.29) is 11.3 Å². The molecule has 60 heavy (non-hydrogen) atoms. The summed E-state index contributed by atoms with van der Waals surface area (Å²) in [5.74, 6) is 3.39. The average molecular weight is 769 g/mol. The Bertz CT molecular complexity index is 2910. The lowest BCUT2D eigenvalue weighted by atomic mass is 9.43. The molecule has 4 fully saturated rings. The second-order valence-corrected chi connectivity index (χ2v) is 18.7. The van der Waals surface area contributed by atoms with Crippen LogP contribution in [-0.2, 0) is 10.8 Å². The highest BCUT2D eigenvalue weighted by molar-refractivity contribution is 5.95. The van der Waals surface area contributed by atoms with Crippen LogP contribution in [0.5, 0.6) is 0 Å². The van der Waals surface area contributed by atoms with E-state index in [1.54, 1.807) is 11.1 Å². The predicted molar refractivity (Wildman–Crippen MR) is 246 cm³/mol. The molecule has 0 N–H and O–H groups in total. The molecule has 0 saturated heterocycles. The third kappa shape index (κ3) is 4.68. The molecule has 6 aliphatic carbocycles. The summed E-state index contributed by atoms with van der Waals surface area (Å²) in [5.41, 5.74) is 20.5. The molecule has 14 rings (SSSR count). The van der Waals surface area contributed by atoms with Gasteiger partial charge in [0, 0.05) is 11.3 Å². The Labute approximate surface area is 354 Å². The minimum Gasteiger partial charge on any atom is -0.0622 e. The van der Waals surface area contributed by atoms with Crippen molar-refractivity contribution in [3.8, 4) is 33.4 Å². The highest BCUT2D eigenvalue weighted by Gasteiger charge is 2.61. The van der Waals surface area contributed by atoms with E-state index in [2.05, 4.69) is 200 Å². The SMILES string of the molecule is c1ccc(-c2cccc3c2-c2ccccc2C3(c2ccccc2)c2cccc(C(c3ccccc3)c3ccc4c(c3)C3(c5ccccc5-4)C4CC5CC(C4)CC3C5)c2)cc1. The van der Waals surface area contributed by atoms with Crippen molar-refractivity contribution in [3.63, 3.8) is 0 Å². The monoisotopic (exact) mass is 768 g/mol. The largest absolute Gasteiger partial charge is 0.0713 e. The van der Waals surface area contributed by atoms with Gasteiger partial charge in [-0.1, -0.05) is 200 Å². The van der Waals surface area contributed by atoms with Gasteiger partial charge in [-0.3, -0.25) is 0 Å². The van der Waals surface area contributed by atoms with Gasteiger partial charge in [0.1, 0.15) is 0 Å². The summed E-state index contributed by atoms with van der Waals surface area (Å²) >= 11 is 0. The fourth-order valence-electron chi connectivity index (χ4n) is 14.2. The molecule has 2 unspecified atom stereocenters. The molecular formula is C60H48. The Hall–Kier alpha value is -6.24. The summed E-state index contributed by atoms with van der Waals surface area (Å²) in [7, 11) is 0. The first kappa shape index (κ1) is 34.6. The predicted octanol–water partition coefficient (Wildman–Crippen LogP) is 14.6. The minimum atomic E-state index is -0.501. The third-order valence-electron chi connectivity index (χ3n) is 16.1. The lowest BCUT2D eigenvalue weighted by Crippen LogP contribution is -2.55. The molecule has 8 aromatic carbocycles. The molecule has 1 spiro atoms. The molecule has 0 nitrogen and oxygen atoms in total. The van der Waals surface area contributed by atoms with Crippen molar-refractivity contribution in [2.24, 2.45) is 23.7 Å². The normalized spacial score (nSPS) is 25.4. The first-order valence-electron chi connectivity index (χ1n) is 22.5. The maximum absolute atomic E-state index is 2.71. The van der Waals surface area contributed by atoms with Crippen molar-refractivity contribution in [2.45, 2.75) is 48.9 Å². The maximum atomic E-state index is 2.71. The van der Waals surface area contributed by atoms with E-state index < -0.39 is 5.41 Å². The fraction of sp³-hybridized carbons (Fsp3) is 0.200. The van der Waals surface area contributed by atoms with Gasteiger partial charge in [-0.25, -0.2) is 0 Å². The highest BCUT2D eigenvalue weighted by Crippen LogP contribution is 2.69. The fourth-order valence-corrected chi connectivity index (χ4v) is 14.2. The van der Waals surface area contributed by atoms with E-state index in [9.17, 15) is 0 Å². The molecule has 6 aliphatic rings. The van der Waals surface area contributed by atoms with Crippen LogP contribution >= 0.6 is 0 Å². The Morgan fingerprint density at radius 1 is 0.350 bits per heavy atom. The smallest absolute Gasteiger partial charge is 0.0622 e. The van der Waals surface area contributed by atoms with Crippen molar-refractivity contribution in [3.05, 3.63) is 250 Å². The number of fused-ring (bicyclic) bond motifs is 6. The van der Waals surface area contributed by atoms with Gasteiger partial charge in [-0.2, -0.15) is 0 Å². The number of hydrogen-bond donors (Lipinski definition) is 0. The van der Waals surface area contributed by atoms with Crippen LogP contribution in [0.3, 0.4) is 0 Å². The van der Waals surface area contributed by atoms with E-state index in [1.165, 1.54) is 104 Å². The Kier molecular flexibility index (Phi) is 7.57. The zero-order valence-corrected chi connectivity index (χ0v) is 34.0. The van der Waals surface area contributed by atoms with Crippen LogP contribution in [0.25, 0.3) is 33.4 Å². The zero-order valence-electron chi connectivity index (χ0n) is 34.0. The molecule has 4 saturated carbocycles. The van der Waals surface area contributed by atoms with Gasteiger partial charge in [-0.05, 0) is 139 Å². The van der Waals surface area contributed by atoms with E-state index in [1.807, 2.05) is 0 Å². The molecule has 0 heteroatoms. The van der Waals surface area contributed by atoms with Crippen LogP contribution in [0.1, 0.15) is 88.1 Å². The van der Waals surface area contributed by atoms with E-state index in [0.717, 1.165) is 23.7 Å². The van der Waals surface area contributed by atoms with Crippen molar-refractivity contribution < 1.29 is 0 Å². The summed E-state index contributed by atoms with van der Waals surface area (Å²) in [5, 5.41) is 0. The molecule has 4 bridgehead atoms. The van der Waals surface area contributed by atoms with Crippen LogP contribution in [-0.4, -0.2) is 0 Å². The van der Waals surface area contributed by atoms with Crippen LogP contribution in [0.15, 0.2) is 200 Å². The zero-order chi connectivity index (χ0) is 39.4. The van der Waals surface area contributed by atoms with Crippen LogP contribution in [0.2, 0.25) is 0 Å². The minimum absolute atomic E-state index is 0.0774. The van der Waals surface area contributed by atoms with Crippen LogP contribution in [0.4, 0.5) is 0 Å². The first-order valence-corrected chi connectivity index (χ1v) is 22.5. The quantitative estimate of drug-likeness (QED) is 0.148. The standard InChI is InChI=1S/C60H48/c1-4-16-41(17-5-1)49-26-15-29-55-58(49)52-25-11-13-28-54(52)59(55,45-21-8-3-9-22-45)46-23-14-20-43(37-46)57(42-18-6-2-7-19-42)44-30-31-51-50-24-10-12-27-53(50)60(56(51)38-44)47-33-39-32-40(35-47)36-48(60)34-39/h1-31,37-40,47-48,57H,32-36H2. The van der Waals surface area contributed by atoms with Gasteiger partial charge in [0.05, 0.1) is 5.41 Å². The summed E-state index contributed by atoms with van der Waals surface area (Å²) in [4.78, 5) is 0. The lowest BCUT2D eigenvalue weighted by Gasteiger charge is -2.61. The van der Waals surface area contributed by atoms with Gasteiger partial charge in [0.25, 0.3) is 0 Å². The Balaban J connectivity index is 1.04. The van der Waals surface area contributed by atoms with Gasteiger partial charge in [0.2, 0.25) is 0 Å². The van der Waals surface area contributed by atoms with Crippen LogP contribution < -0.4 is 0 Å². The topological polar surface area (TPSA) is 0 Å². The summed E-state index contributed by atoms with van der Waals surface area (Å²) in [6, 6.07) is 76.8. The van der Waals surface area contributed by atoms with Crippen molar-refractivity contribution in [1.29, 1.82) is 0 Å². The second-order valence-electron chi connectivity index (χ2n) is 18.7. The van der Waals surface area contributed by atoms with Gasteiger partial charge >= 0.3 is 0 Å². The first-order chi connectivity index (χ1) is 29.7. The van der Waals surface area contributed by atoms with Gasteiger partial charge in [-0.15, -0.1) is 0 Å².